The highest BCUT2D eigenvalue weighted by Gasteiger charge is 2.27. The lowest BCUT2D eigenvalue weighted by Crippen LogP contribution is -2.35. The van der Waals surface area contributed by atoms with Gasteiger partial charge in [0.25, 0.3) is 0 Å². The first-order chi connectivity index (χ1) is 8.50. The van der Waals surface area contributed by atoms with E-state index < -0.39 is 0 Å². The molecule has 4 heteroatoms. The average molecular weight is 351 g/mol. The van der Waals surface area contributed by atoms with Gasteiger partial charge in [0, 0.05) is 10.5 Å². The summed E-state index contributed by atoms with van der Waals surface area (Å²) in [6, 6.07) is 4.42. The van der Waals surface area contributed by atoms with Crippen molar-refractivity contribution < 1.29 is 0 Å². The number of anilines is 1. The van der Waals surface area contributed by atoms with Crippen molar-refractivity contribution in [1.29, 1.82) is 0 Å². The van der Waals surface area contributed by atoms with Crippen LogP contribution < -0.4 is 5.32 Å². The van der Waals surface area contributed by atoms with E-state index in [1.54, 1.807) is 0 Å². The highest BCUT2D eigenvalue weighted by Crippen LogP contribution is 2.38. The molecule has 0 heterocycles. The van der Waals surface area contributed by atoms with Crippen LogP contribution >= 0.6 is 39.1 Å². The molecule has 1 N–H and O–H groups in total. The number of halogens is 3. The maximum Gasteiger partial charge on any atom is 0.0835 e. The summed E-state index contributed by atoms with van der Waals surface area (Å²) < 4.78 is 0.838. The van der Waals surface area contributed by atoms with Gasteiger partial charge in [-0.2, -0.15) is 0 Å². The highest BCUT2D eigenvalue weighted by molar-refractivity contribution is 9.10. The summed E-state index contributed by atoms with van der Waals surface area (Å²) in [5.74, 6) is 1.43. The SMILES string of the molecule is CC1CCCC(Nc2ccc(Br)c(Cl)c2Cl)C1C. The second kappa shape index (κ2) is 6.02. The third-order valence-corrected chi connectivity index (χ3v) is 5.85. The fraction of sp³-hybridized carbons (Fsp3) is 0.571. The number of rotatable bonds is 2. The molecule has 100 valence electrons. The van der Waals surface area contributed by atoms with Crippen LogP contribution in [-0.4, -0.2) is 6.04 Å². The molecular weight excluding hydrogens is 333 g/mol. The van der Waals surface area contributed by atoms with Crippen LogP contribution in [0.4, 0.5) is 5.69 Å². The molecule has 0 amide bonds. The Kier molecular flexibility index (Phi) is 4.85. The predicted octanol–water partition coefficient (Wildman–Crippen LogP) is 5.99. The number of hydrogen-bond donors (Lipinski definition) is 1. The lowest BCUT2D eigenvalue weighted by Gasteiger charge is -2.35. The Hall–Kier alpha value is 0.0800. The third kappa shape index (κ3) is 2.97. The van der Waals surface area contributed by atoms with Gasteiger partial charge in [0.05, 0.1) is 15.7 Å². The fourth-order valence-corrected chi connectivity index (χ4v) is 3.45. The van der Waals surface area contributed by atoms with Crippen LogP contribution in [0.1, 0.15) is 33.1 Å². The van der Waals surface area contributed by atoms with E-state index in [1.807, 2.05) is 12.1 Å². The van der Waals surface area contributed by atoms with E-state index in [1.165, 1.54) is 19.3 Å². The average Bonchev–Trinajstić information content (AvgIpc) is 2.35. The molecule has 2 rings (SSSR count). The summed E-state index contributed by atoms with van der Waals surface area (Å²) in [6.07, 6.45) is 3.81. The molecule has 1 saturated carbocycles. The Bertz CT molecular complexity index is 436. The second-order valence-electron chi connectivity index (χ2n) is 5.24. The molecule has 1 aromatic carbocycles. The molecule has 0 aromatic heterocycles. The van der Waals surface area contributed by atoms with Gasteiger partial charge in [0.2, 0.25) is 0 Å². The Balaban J connectivity index is 2.16. The van der Waals surface area contributed by atoms with Crippen molar-refractivity contribution >= 4 is 44.8 Å². The largest absolute Gasteiger partial charge is 0.381 e. The standard InChI is InChI=1S/C14H18BrCl2N/c1-8-4-3-5-11(9(8)2)18-12-7-6-10(15)13(16)14(12)17/h6-9,11,18H,3-5H2,1-2H3. The van der Waals surface area contributed by atoms with Crippen molar-refractivity contribution in [1.82, 2.24) is 0 Å². The number of hydrogen-bond acceptors (Lipinski definition) is 1. The summed E-state index contributed by atoms with van der Waals surface area (Å²) in [7, 11) is 0. The molecular formula is C14H18BrCl2N. The minimum absolute atomic E-state index is 0.489. The first-order valence-corrected chi connectivity index (χ1v) is 7.95. The van der Waals surface area contributed by atoms with Crippen molar-refractivity contribution in [3.8, 4) is 0 Å². The van der Waals surface area contributed by atoms with Crippen LogP contribution in [0.2, 0.25) is 10.0 Å². The monoisotopic (exact) mass is 349 g/mol. The molecule has 1 fully saturated rings. The molecule has 1 nitrogen and oxygen atoms in total. The molecule has 1 aromatic rings. The Morgan fingerprint density at radius 2 is 1.89 bits per heavy atom. The minimum atomic E-state index is 0.489. The predicted molar refractivity (Wildman–Crippen MR) is 83.8 cm³/mol. The Labute approximate surface area is 127 Å². The van der Waals surface area contributed by atoms with Crippen LogP contribution in [0.15, 0.2) is 16.6 Å². The van der Waals surface area contributed by atoms with Gasteiger partial charge >= 0.3 is 0 Å². The van der Waals surface area contributed by atoms with E-state index in [4.69, 9.17) is 23.2 Å². The minimum Gasteiger partial charge on any atom is -0.381 e. The maximum atomic E-state index is 6.28. The normalized spacial score (nSPS) is 28.2. The van der Waals surface area contributed by atoms with Crippen molar-refractivity contribution in [2.45, 2.75) is 39.2 Å². The van der Waals surface area contributed by atoms with Crippen LogP contribution in [0.3, 0.4) is 0 Å². The lowest BCUT2D eigenvalue weighted by molar-refractivity contribution is 0.253. The fourth-order valence-electron chi connectivity index (χ4n) is 2.62. The summed E-state index contributed by atoms with van der Waals surface area (Å²) >= 11 is 15.8. The van der Waals surface area contributed by atoms with Crippen LogP contribution in [-0.2, 0) is 0 Å². The van der Waals surface area contributed by atoms with E-state index >= 15 is 0 Å². The molecule has 0 radical (unpaired) electrons. The van der Waals surface area contributed by atoms with Crippen LogP contribution in [0.25, 0.3) is 0 Å². The van der Waals surface area contributed by atoms with E-state index in [-0.39, 0.29) is 0 Å². The smallest absolute Gasteiger partial charge is 0.0835 e. The zero-order chi connectivity index (χ0) is 13.3. The van der Waals surface area contributed by atoms with Gasteiger partial charge in [0.15, 0.2) is 0 Å². The zero-order valence-electron chi connectivity index (χ0n) is 10.6. The molecule has 1 aliphatic carbocycles. The summed E-state index contributed by atoms with van der Waals surface area (Å²) in [4.78, 5) is 0. The van der Waals surface area contributed by atoms with E-state index in [9.17, 15) is 0 Å². The molecule has 0 saturated heterocycles. The molecule has 18 heavy (non-hydrogen) atoms. The summed E-state index contributed by atoms with van der Waals surface area (Å²) in [6.45, 7) is 4.64. The quantitative estimate of drug-likeness (QED) is 0.645. The lowest BCUT2D eigenvalue weighted by atomic mass is 9.78. The van der Waals surface area contributed by atoms with Gasteiger partial charge in [-0.25, -0.2) is 0 Å². The van der Waals surface area contributed by atoms with Crippen molar-refractivity contribution in [2.24, 2.45) is 11.8 Å². The van der Waals surface area contributed by atoms with Crippen molar-refractivity contribution in [3.63, 3.8) is 0 Å². The second-order valence-corrected chi connectivity index (χ2v) is 6.85. The van der Waals surface area contributed by atoms with Crippen molar-refractivity contribution in [2.75, 3.05) is 5.32 Å². The summed E-state index contributed by atoms with van der Waals surface area (Å²) in [5, 5.41) is 4.75. The number of benzene rings is 1. The van der Waals surface area contributed by atoms with Gasteiger partial charge < -0.3 is 5.32 Å². The molecule has 3 atom stereocenters. The van der Waals surface area contributed by atoms with E-state index in [0.29, 0.717) is 22.0 Å². The van der Waals surface area contributed by atoms with Crippen molar-refractivity contribution in [3.05, 3.63) is 26.7 Å². The topological polar surface area (TPSA) is 12.0 Å². The number of nitrogens with one attached hydrogen (secondary N) is 1. The van der Waals surface area contributed by atoms with Gasteiger partial charge in [-0.05, 0) is 46.3 Å². The van der Waals surface area contributed by atoms with Gasteiger partial charge in [-0.3, -0.25) is 0 Å². The summed E-state index contributed by atoms with van der Waals surface area (Å²) in [5.41, 5.74) is 0.941. The van der Waals surface area contributed by atoms with Crippen LogP contribution in [0.5, 0.6) is 0 Å². The molecule has 0 aliphatic heterocycles. The highest BCUT2D eigenvalue weighted by atomic mass is 79.9. The first-order valence-electron chi connectivity index (χ1n) is 6.40. The Morgan fingerprint density at radius 1 is 1.17 bits per heavy atom. The van der Waals surface area contributed by atoms with Gasteiger partial charge in [0.1, 0.15) is 0 Å². The van der Waals surface area contributed by atoms with Crippen LogP contribution in [0, 0.1) is 11.8 Å². The van der Waals surface area contributed by atoms with Gasteiger partial charge in [-0.15, -0.1) is 0 Å². The molecule has 0 bridgehead atoms. The Morgan fingerprint density at radius 3 is 2.61 bits per heavy atom. The van der Waals surface area contributed by atoms with Gasteiger partial charge in [-0.1, -0.05) is 49.9 Å². The van der Waals surface area contributed by atoms with E-state index in [0.717, 1.165) is 16.1 Å². The zero-order valence-corrected chi connectivity index (χ0v) is 13.7. The third-order valence-electron chi connectivity index (χ3n) is 4.08. The maximum absolute atomic E-state index is 6.28. The van der Waals surface area contributed by atoms with E-state index in [2.05, 4.69) is 35.1 Å². The molecule has 0 spiro atoms. The first kappa shape index (κ1) is 14.5. The molecule has 3 unspecified atom stereocenters. The molecule has 1 aliphatic rings.